The Morgan fingerprint density at radius 2 is 1.96 bits per heavy atom. The van der Waals surface area contributed by atoms with E-state index in [0.29, 0.717) is 31.7 Å². The highest BCUT2D eigenvalue weighted by molar-refractivity contribution is 5.80. The summed E-state index contributed by atoms with van der Waals surface area (Å²) in [4.78, 5) is 28.8. The molecular formula is C21H29N3O3. The molecule has 0 radical (unpaired) electrons. The fraction of sp³-hybridized carbons (Fsp3) is 0.571. The summed E-state index contributed by atoms with van der Waals surface area (Å²) < 4.78 is 5.45. The second kappa shape index (κ2) is 8.90. The minimum absolute atomic E-state index is 0.0649. The van der Waals surface area contributed by atoms with Crippen LogP contribution in [0.1, 0.15) is 51.7 Å². The maximum atomic E-state index is 13.0. The minimum Gasteiger partial charge on any atom is -0.444 e. The number of nitrogens with zero attached hydrogens (tertiary/aromatic N) is 3. The molecular weight excluding hydrogens is 342 g/mol. The Hall–Kier alpha value is -2.55. The molecule has 1 fully saturated rings. The van der Waals surface area contributed by atoms with Gasteiger partial charge in [-0.25, -0.2) is 4.79 Å². The summed E-state index contributed by atoms with van der Waals surface area (Å²) in [7, 11) is 0. The smallest absolute Gasteiger partial charge is 0.410 e. The summed E-state index contributed by atoms with van der Waals surface area (Å²) in [5, 5.41) is 8.90. The van der Waals surface area contributed by atoms with Crippen LogP contribution in [0.5, 0.6) is 0 Å². The molecule has 0 aliphatic carbocycles. The predicted molar refractivity (Wildman–Crippen MR) is 103 cm³/mol. The molecule has 1 atom stereocenters. The van der Waals surface area contributed by atoms with E-state index >= 15 is 0 Å². The second-order valence-corrected chi connectivity index (χ2v) is 7.93. The van der Waals surface area contributed by atoms with Crippen LogP contribution in [0.4, 0.5) is 4.79 Å². The number of rotatable bonds is 4. The topological polar surface area (TPSA) is 73.6 Å². The summed E-state index contributed by atoms with van der Waals surface area (Å²) in [6.07, 6.45) is 1.22. The third kappa shape index (κ3) is 5.99. The normalized spacial score (nSPS) is 17.1. The van der Waals surface area contributed by atoms with Gasteiger partial charge in [0.15, 0.2) is 0 Å². The number of piperidine rings is 1. The van der Waals surface area contributed by atoms with Gasteiger partial charge in [-0.05, 0) is 58.2 Å². The zero-order valence-corrected chi connectivity index (χ0v) is 16.7. The quantitative estimate of drug-likeness (QED) is 0.811. The van der Waals surface area contributed by atoms with Crippen molar-refractivity contribution in [3.05, 3.63) is 35.4 Å². The van der Waals surface area contributed by atoms with Gasteiger partial charge in [0.05, 0.1) is 17.6 Å². The number of benzene rings is 1. The highest BCUT2D eigenvalue weighted by Gasteiger charge is 2.32. The molecule has 27 heavy (non-hydrogen) atoms. The fourth-order valence-electron chi connectivity index (χ4n) is 3.18. The van der Waals surface area contributed by atoms with Crippen LogP contribution in [0, 0.1) is 17.2 Å². The Labute approximate surface area is 161 Å². The zero-order valence-electron chi connectivity index (χ0n) is 16.7. The molecule has 1 saturated heterocycles. The Bertz CT molecular complexity index is 701. The molecule has 0 N–H and O–H groups in total. The van der Waals surface area contributed by atoms with Gasteiger partial charge >= 0.3 is 6.09 Å². The average Bonchev–Trinajstić information content (AvgIpc) is 2.64. The van der Waals surface area contributed by atoms with E-state index in [-0.39, 0.29) is 17.9 Å². The number of ether oxygens (including phenoxy) is 1. The Morgan fingerprint density at radius 1 is 1.30 bits per heavy atom. The summed E-state index contributed by atoms with van der Waals surface area (Å²) in [5.74, 6) is -0.139. The lowest BCUT2D eigenvalue weighted by molar-refractivity contribution is -0.137. The summed E-state index contributed by atoms with van der Waals surface area (Å²) in [5.41, 5.74) is 1.05. The minimum atomic E-state index is -0.543. The fourth-order valence-corrected chi connectivity index (χ4v) is 3.18. The van der Waals surface area contributed by atoms with E-state index in [9.17, 15) is 9.59 Å². The summed E-state index contributed by atoms with van der Waals surface area (Å²) in [6.45, 7) is 9.61. The van der Waals surface area contributed by atoms with E-state index in [4.69, 9.17) is 10.00 Å². The Morgan fingerprint density at radius 3 is 2.52 bits per heavy atom. The molecule has 0 saturated carbocycles. The molecule has 146 valence electrons. The van der Waals surface area contributed by atoms with Crippen molar-refractivity contribution in [2.45, 2.75) is 52.7 Å². The Balaban J connectivity index is 2.00. The number of nitriles is 1. The molecule has 1 heterocycles. The third-order valence-electron chi connectivity index (χ3n) is 4.57. The first-order valence-electron chi connectivity index (χ1n) is 9.49. The Kier molecular flexibility index (Phi) is 6.84. The lowest BCUT2D eigenvalue weighted by Crippen LogP contribution is -2.47. The maximum absolute atomic E-state index is 13.0. The molecule has 0 aromatic heterocycles. The second-order valence-electron chi connectivity index (χ2n) is 7.93. The van der Waals surface area contributed by atoms with Crippen molar-refractivity contribution in [1.29, 1.82) is 5.26 Å². The first kappa shape index (κ1) is 20.8. The molecule has 1 aliphatic heterocycles. The van der Waals surface area contributed by atoms with Gasteiger partial charge in [0, 0.05) is 26.2 Å². The standard InChI is InChI=1S/C21H29N3O3/c1-5-23(14-17-10-8-16(13-22)9-11-17)19(25)18-7-6-12-24(15-18)20(26)27-21(2,3)4/h8-11,18H,5-7,12,14-15H2,1-4H3/t18-/m1/s1. The van der Waals surface area contributed by atoms with E-state index in [1.807, 2.05) is 44.7 Å². The highest BCUT2D eigenvalue weighted by Crippen LogP contribution is 2.22. The maximum Gasteiger partial charge on any atom is 0.410 e. The molecule has 1 aromatic rings. The summed E-state index contributed by atoms with van der Waals surface area (Å²) >= 11 is 0. The zero-order chi connectivity index (χ0) is 20.0. The molecule has 6 heteroatoms. The van der Waals surface area contributed by atoms with Gasteiger partial charge in [0.25, 0.3) is 0 Å². The number of amides is 2. The van der Waals surface area contributed by atoms with Crippen LogP contribution < -0.4 is 0 Å². The van der Waals surface area contributed by atoms with Gasteiger partial charge in [0.2, 0.25) is 5.91 Å². The van der Waals surface area contributed by atoms with Crippen LogP contribution in [0.3, 0.4) is 0 Å². The van der Waals surface area contributed by atoms with Crippen LogP contribution >= 0.6 is 0 Å². The van der Waals surface area contributed by atoms with Gasteiger partial charge in [0.1, 0.15) is 5.60 Å². The molecule has 0 spiro atoms. The molecule has 0 unspecified atom stereocenters. The molecule has 6 nitrogen and oxygen atoms in total. The van der Waals surface area contributed by atoms with Crippen molar-refractivity contribution in [2.75, 3.05) is 19.6 Å². The van der Waals surface area contributed by atoms with Gasteiger partial charge in [-0.3, -0.25) is 4.79 Å². The monoisotopic (exact) mass is 371 g/mol. The first-order valence-corrected chi connectivity index (χ1v) is 9.49. The van der Waals surface area contributed by atoms with E-state index in [0.717, 1.165) is 18.4 Å². The molecule has 1 aromatic carbocycles. The number of carbonyl (C=O) groups excluding carboxylic acids is 2. The van der Waals surface area contributed by atoms with Gasteiger partial charge < -0.3 is 14.5 Å². The number of hydrogen-bond donors (Lipinski definition) is 0. The molecule has 0 bridgehead atoms. The molecule has 2 amide bonds. The van der Waals surface area contributed by atoms with Crippen LogP contribution in [-0.4, -0.2) is 47.0 Å². The van der Waals surface area contributed by atoms with Gasteiger partial charge in [-0.15, -0.1) is 0 Å². The lowest BCUT2D eigenvalue weighted by Gasteiger charge is -2.35. The van der Waals surface area contributed by atoms with Crippen molar-refractivity contribution in [3.8, 4) is 6.07 Å². The van der Waals surface area contributed by atoms with Crippen LogP contribution in [0.25, 0.3) is 0 Å². The van der Waals surface area contributed by atoms with Gasteiger partial charge in [-0.2, -0.15) is 5.26 Å². The predicted octanol–water partition coefficient (Wildman–Crippen LogP) is 3.55. The van der Waals surface area contributed by atoms with Crippen molar-refractivity contribution in [2.24, 2.45) is 5.92 Å². The van der Waals surface area contributed by atoms with Gasteiger partial charge in [-0.1, -0.05) is 12.1 Å². The van der Waals surface area contributed by atoms with E-state index in [1.54, 1.807) is 17.0 Å². The largest absolute Gasteiger partial charge is 0.444 e. The highest BCUT2D eigenvalue weighted by atomic mass is 16.6. The SMILES string of the molecule is CCN(Cc1ccc(C#N)cc1)C(=O)[C@@H]1CCCN(C(=O)OC(C)(C)C)C1. The number of hydrogen-bond acceptors (Lipinski definition) is 4. The van der Waals surface area contributed by atoms with Crippen molar-refractivity contribution in [1.82, 2.24) is 9.80 Å². The van der Waals surface area contributed by atoms with Crippen LogP contribution in [-0.2, 0) is 16.1 Å². The van der Waals surface area contributed by atoms with Crippen LogP contribution in [0.15, 0.2) is 24.3 Å². The van der Waals surface area contributed by atoms with E-state index in [1.165, 1.54) is 0 Å². The summed E-state index contributed by atoms with van der Waals surface area (Å²) in [6, 6.07) is 9.38. The van der Waals surface area contributed by atoms with Crippen molar-refractivity contribution >= 4 is 12.0 Å². The van der Waals surface area contributed by atoms with E-state index in [2.05, 4.69) is 6.07 Å². The van der Waals surface area contributed by atoms with Crippen molar-refractivity contribution < 1.29 is 14.3 Å². The third-order valence-corrected chi connectivity index (χ3v) is 4.57. The number of carbonyl (C=O) groups is 2. The van der Waals surface area contributed by atoms with Crippen LogP contribution in [0.2, 0.25) is 0 Å². The van der Waals surface area contributed by atoms with Crippen molar-refractivity contribution in [3.63, 3.8) is 0 Å². The molecule has 2 rings (SSSR count). The first-order chi connectivity index (χ1) is 12.7. The lowest BCUT2D eigenvalue weighted by atomic mass is 9.96. The van der Waals surface area contributed by atoms with E-state index < -0.39 is 5.60 Å². The number of likely N-dealkylation sites (tertiary alicyclic amines) is 1. The average molecular weight is 371 g/mol. The molecule has 1 aliphatic rings.